The van der Waals surface area contributed by atoms with Crippen LogP contribution in [-0.2, 0) is 0 Å². The minimum atomic E-state index is 0.632. The topological polar surface area (TPSA) is 0 Å². The Morgan fingerprint density at radius 3 is 2.16 bits per heavy atom. The van der Waals surface area contributed by atoms with Gasteiger partial charge in [0.15, 0.2) is 0 Å². The maximum atomic E-state index is 6.62. The first-order valence-corrected chi connectivity index (χ1v) is 13.5. The SMILES string of the molecule is Clc1cc(C2=CCC(C3CCCCC3)C=C2)cc(C2CC=C(C3CCCCC3)CC2)c1. The van der Waals surface area contributed by atoms with E-state index in [0.29, 0.717) is 5.92 Å². The molecule has 0 amide bonds. The Balaban J connectivity index is 1.26. The smallest absolute Gasteiger partial charge is 0.0415 e. The van der Waals surface area contributed by atoms with Gasteiger partial charge >= 0.3 is 0 Å². The fourth-order valence-electron chi connectivity index (χ4n) is 6.78. The lowest BCUT2D eigenvalue weighted by atomic mass is 9.75. The van der Waals surface area contributed by atoms with Gasteiger partial charge in [0.2, 0.25) is 0 Å². The quantitative estimate of drug-likeness (QED) is 0.413. The van der Waals surface area contributed by atoms with Gasteiger partial charge in [-0.3, -0.25) is 0 Å². The molecule has 4 aliphatic carbocycles. The van der Waals surface area contributed by atoms with Crippen LogP contribution in [0.1, 0.15) is 107 Å². The molecular weight excluding hydrogens is 396 g/mol. The molecule has 2 atom stereocenters. The lowest BCUT2D eigenvalue weighted by Gasteiger charge is -2.30. The van der Waals surface area contributed by atoms with Crippen LogP contribution < -0.4 is 0 Å². The Labute approximate surface area is 194 Å². The summed E-state index contributed by atoms with van der Waals surface area (Å²) >= 11 is 6.62. The molecule has 0 aliphatic heterocycles. The van der Waals surface area contributed by atoms with Crippen LogP contribution >= 0.6 is 11.6 Å². The highest BCUT2D eigenvalue weighted by atomic mass is 35.5. The fourth-order valence-corrected chi connectivity index (χ4v) is 7.02. The van der Waals surface area contributed by atoms with Crippen LogP contribution in [0.25, 0.3) is 5.57 Å². The molecule has 166 valence electrons. The zero-order valence-corrected chi connectivity index (χ0v) is 19.9. The van der Waals surface area contributed by atoms with Crippen molar-refractivity contribution in [2.75, 3.05) is 0 Å². The highest BCUT2D eigenvalue weighted by Crippen LogP contribution is 2.41. The first-order chi connectivity index (χ1) is 15.3. The summed E-state index contributed by atoms with van der Waals surface area (Å²) in [4.78, 5) is 0. The van der Waals surface area contributed by atoms with Crippen LogP contribution in [-0.4, -0.2) is 0 Å². The maximum absolute atomic E-state index is 6.62. The molecule has 1 aromatic rings. The Hall–Kier alpha value is -1.27. The second-order valence-electron chi connectivity index (χ2n) is 10.7. The summed E-state index contributed by atoms with van der Waals surface area (Å²) in [5.74, 6) is 3.18. The van der Waals surface area contributed by atoms with Crippen molar-refractivity contribution in [2.24, 2.45) is 17.8 Å². The molecule has 0 spiro atoms. The van der Waals surface area contributed by atoms with E-state index in [1.54, 1.807) is 5.57 Å². The number of hydrogen-bond donors (Lipinski definition) is 0. The van der Waals surface area contributed by atoms with Gasteiger partial charge in [0, 0.05) is 5.02 Å². The molecule has 0 aromatic heterocycles. The Morgan fingerprint density at radius 1 is 0.710 bits per heavy atom. The minimum absolute atomic E-state index is 0.632. The number of benzene rings is 1. The normalized spacial score (nSPS) is 28.3. The van der Waals surface area contributed by atoms with Gasteiger partial charge < -0.3 is 0 Å². The lowest BCUT2D eigenvalue weighted by molar-refractivity contribution is 0.286. The summed E-state index contributed by atoms with van der Waals surface area (Å²) in [6.45, 7) is 0. The maximum Gasteiger partial charge on any atom is 0.0415 e. The molecule has 0 saturated heterocycles. The summed E-state index contributed by atoms with van der Waals surface area (Å²) in [5.41, 5.74) is 5.92. The monoisotopic (exact) mass is 434 g/mol. The molecule has 31 heavy (non-hydrogen) atoms. The third kappa shape index (κ3) is 5.22. The number of halogens is 1. The van der Waals surface area contributed by atoms with Gasteiger partial charge in [-0.1, -0.05) is 86.1 Å². The minimum Gasteiger partial charge on any atom is -0.0844 e. The molecule has 0 bridgehead atoms. The van der Waals surface area contributed by atoms with E-state index in [-0.39, 0.29) is 0 Å². The second-order valence-corrected chi connectivity index (χ2v) is 11.1. The zero-order chi connectivity index (χ0) is 21.0. The third-order valence-electron chi connectivity index (χ3n) is 8.69. The van der Waals surface area contributed by atoms with Crippen molar-refractivity contribution in [3.63, 3.8) is 0 Å². The zero-order valence-electron chi connectivity index (χ0n) is 19.1. The van der Waals surface area contributed by atoms with Crippen molar-refractivity contribution in [3.05, 3.63) is 64.2 Å². The molecule has 0 nitrogen and oxygen atoms in total. The van der Waals surface area contributed by atoms with E-state index < -0.39 is 0 Å². The summed E-state index contributed by atoms with van der Waals surface area (Å²) in [6, 6.07) is 6.84. The third-order valence-corrected chi connectivity index (χ3v) is 8.91. The largest absolute Gasteiger partial charge is 0.0844 e. The molecule has 2 unspecified atom stereocenters. The second kappa shape index (κ2) is 10.1. The summed E-state index contributed by atoms with van der Waals surface area (Å²) in [5, 5.41) is 0.901. The number of hydrogen-bond acceptors (Lipinski definition) is 0. The van der Waals surface area contributed by atoms with Crippen molar-refractivity contribution >= 4 is 17.2 Å². The molecule has 1 heteroatoms. The Morgan fingerprint density at radius 2 is 1.48 bits per heavy atom. The van der Waals surface area contributed by atoms with Gasteiger partial charge in [-0.15, -0.1) is 0 Å². The van der Waals surface area contributed by atoms with E-state index in [4.69, 9.17) is 11.6 Å². The predicted molar refractivity (Wildman–Crippen MR) is 135 cm³/mol. The van der Waals surface area contributed by atoms with Gasteiger partial charge in [-0.25, -0.2) is 0 Å². The van der Waals surface area contributed by atoms with Crippen molar-refractivity contribution in [2.45, 2.75) is 95.8 Å². The van der Waals surface area contributed by atoms with Crippen molar-refractivity contribution in [1.82, 2.24) is 0 Å². The number of allylic oxidation sites excluding steroid dienone is 6. The molecule has 5 rings (SSSR count). The molecule has 2 fully saturated rings. The molecule has 0 N–H and O–H groups in total. The molecular formula is C30H39Cl. The van der Waals surface area contributed by atoms with Gasteiger partial charge in [-0.2, -0.15) is 0 Å². The van der Waals surface area contributed by atoms with E-state index >= 15 is 0 Å². The standard InChI is InChI=1S/C30H39Cl/c31-30-20-28(26-15-11-24(12-16-26)22-7-3-1-4-8-22)19-29(21-30)27-17-13-25(14-18-27)23-9-5-2-6-10-23/h11,13,15-16,19-24,27H,1-10,12,14,17-18H2. The average molecular weight is 435 g/mol. The summed E-state index contributed by atoms with van der Waals surface area (Å²) in [7, 11) is 0. The van der Waals surface area contributed by atoms with E-state index in [1.807, 2.05) is 0 Å². The van der Waals surface area contributed by atoms with Gasteiger partial charge in [-0.05, 0) is 104 Å². The molecule has 0 heterocycles. The van der Waals surface area contributed by atoms with Crippen molar-refractivity contribution < 1.29 is 0 Å². The van der Waals surface area contributed by atoms with Gasteiger partial charge in [0.05, 0.1) is 0 Å². The fraction of sp³-hybridized carbons (Fsp3) is 0.600. The van der Waals surface area contributed by atoms with Crippen LogP contribution in [0.5, 0.6) is 0 Å². The molecule has 0 radical (unpaired) electrons. The van der Waals surface area contributed by atoms with E-state index in [9.17, 15) is 0 Å². The summed E-state index contributed by atoms with van der Waals surface area (Å²) in [6.07, 6.45) is 29.3. The van der Waals surface area contributed by atoms with Crippen LogP contribution in [0.15, 0.2) is 48.1 Å². The van der Waals surface area contributed by atoms with E-state index in [1.165, 1.54) is 107 Å². The van der Waals surface area contributed by atoms with Gasteiger partial charge in [0.1, 0.15) is 0 Å². The highest BCUT2D eigenvalue weighted by molar-refractivity contribution is 6.30. The van der Waals surface area contributed by atoms with E-state index in [2.05, 4.69) is 42.5 Å². The molecule has 2 saturated carbocycles. The van der Waals surface area contributed by atoms with Crippen molar-refractivity contribution in [1.29, 1.82) is 0 Å². The molecule has 1 aromatic carbocycles. The van der Waals surface area contributed by atoms with Crippen LogP contribution in [0.4, 0.5) is 0 Å². The van der Waals surface area contributed by atoms with Crippen LogP contribution in [0.3, 0.4) is 0 Å². The van der Waals surface area contributed by atoms with Crippen molar-refractivity contribution in [3.8, 4) is 0 Å². The Bertz CT molecular complexity index is 845. The molecule has 4 aliphatic rings. The number of rotatable bonds is 4. The first-order valence-electron chi connectivity index (χ1n) is 13.1. The van der Waals surface area contributed by atoms with Crippen LogP contribution in [0.2, 0.25) is 5.02 Å². The first kappa shape index (κ1) is 21.6. The predicted octanol–water partition coefficient (Wildman–Crippen LogP) is 9.65. The van der Waals surface area contributed by atoms with Crippen LogP contribution in [0, 0.1) is 17.8 Å². The Kier molecular flexibility index (Phi) is 7.04. The van der Waals surface area contributed by atoms with E-state index in [0.717, 1.165) is 22.8 Å². The van der Waals surface area contributed by atoms with Gasteiger partial charge in [0.25, 0.3) is 0 Å². The summed E-state index contributed by atoms with van der Waals surface area (Å²) < 4.78 is 0. The lowest BCUT2D eigenvalue weighted by Crippen LogP contribution is -2.17. The average Bonchev–Trinajstić information content (AvgIpc) is 2.85. The highest BCUT2D eigenvalue weighted by Gasteiger charge is 2.25.